The normalized spacial score (nSPS) is 16.2. The topological polar surface area (TPSA) is 92.7 Å². The van der Waals surface area contributed by atoms with Gasteiger partial charge in [-0.15, -0.1) is 0 Å². The SMILES string of the molecule is CC(=O)N1CCOCC1.CNc1nc(-c2ccc(N3CCOCC3)cc2)cc2nccnc12. The minimum atomic E-state index is 0.151. The Bertz CT molecular complexity index is 1060. The second-order valence-electron chi connectivity index (χ2n) is 7.79. The van der Waals surface area contributed by atoms with Crippen molar-refractivity contribution in [1.29, 1.82) is 0 Å². The van der Waals surface area contributed by atoms with Gasteiger partial charge in [0.25, 0.3) is 0 Å². The summed E-state index contributed by atoms with van der Waals surface area (Å²) >= 11 is 0. The number of amides is 1. The van der Waals surface area contributed by atoms with Gasteiger partial charge in [0.05, 0.1) is 37.6 Å². The monoisotopic (exact) mass is 450 g/mol. The first-order valence-corrected chi connectivity index (χ1v) is 11.2. The molecule has 2 aliphatic heterocycles. The first kappa shape index (κ1) is 22.9. The summed E-state index contributed by atoms with van der Waals surface area (Å²) in [5.41, 5.74) is 4.80. The van der Waals surface area contributed by atoms with Crippen LogP contribution in [0.15, 0.2) is 42.7 Å². The molecule has 1 aromatic carbocycles. The van der Waals surface area contributed by atoms with E-state index in [4.69, 9.17) is 9.47 Å². The third-order valence-electron chi connectivity index (χ3n) is 5.69. The molecule has 2 aliphatic rings. The van der Waals surface area contributed by atoms with Gasteiger partial charge in [0, 0.05) is 63.8 Å². The van der Waals surface area contributed by atoms with Crippen LogP contribution in [0.3, 0.4) is 0 Å². The molecule has 9 nitrogen and oxygen atoms in total. The number of anilines is 2. The fourth-order valence-electron chi connectivity index (χ4n) is 3.84. The lowest BCUT2D eigenvalue weighted by molar-refractivity contribution is -0.132. The van der Waals surface area contributed by atoms with Crippen LogP contribution in [-0.2, 0) is 14.3 Å². The molecule has 174 valence electrons. The first-order valence-electron chi connectivity index (χ1n) is 11.2. The Kier molecular flexibility index (Phi) is 7.64. The summed E-state index contributed by atoms with van der Waals surface area (Å²) in [5.74, 6) is 0.895. The van der Waals surface area contributed by atoms with Gasteiger partial charge in [-0.05, 0) is 18.2 Å². The van der Waals surface area contributed by atoms with Crippen LogP contribution in [0.5, 0.6) is 0 Å². The zero-order valence-corrected chi connectivity index (χ0v) is 19.2. The molecular formula is C24H30N6O3. The van der Waals surface area contributed by atoms with Gasteiger partial charge in [0.15, 0.2) is 5.82 Å². The van der Waals surface area contributed by atoms with Crippen molar-refractivity contribution in [1.82, 2.24) is 19.9 Å². The Morgan fingerprint density at radius 1 is 0.939 bits per heavy atom. The highest BCUT2D eigenvalue weighted by atomic mass is 16.5. The molecule has 2 saturated heterocycles. The Hall–Kier alpha value is -3.30. The highest BCUT2D eigenvalue weighted by Crippen LogP contribution is 2.27. The molecule has 0 saturated carbocycles. The number of fused-ring (bicyclic) bond motifs is 1. The molecule has 3 aromatic rings. The van der Waals surface area contributed by atoms with E-state index in [9.17, 15) is 4.79 Å². The number of hydrogen-bond donors (Lipinski definition) is 1. The number of aromatic nitrogens is 3. The molecule has 2 fully saturated rings. The van der Waals surface area contributed by atoms with Crippen molar-refractivity contribution < 1.29 is 14.3 Å². The van der Waals surface area contributed by atoms with Crippen LogP contribution >= 0.6 is 0 Å². The standard InChI is InChI=1S/C18H19N5O.C6H11NO2/c1-19-18-17-16(20-6-7-21-17)12-15(22-18)13-2-4-14(5-3-13)23-8-10-24-11-9-23;1-6(8)7-2-4-9-5-3-7/h2-7,12H,8-11H2,1H3,(H,19,22);2-5H2,1H3. The lowest BCUT2D eigenvalue weighted by Gasteiger charge is -2.28. The third-order valence-corrected chi connectivity index (χ3v) is 5.69. The number of carbonyl (C=O) groups excluding carboxylic acids is 1. The summed E-state index contributed by atoms with van der Waals surface area (Å²) in [7, 11) is 1.85. The van der Waals surface area contributed by atoms with Crippen LogP contribution in [0.2, 0.25) is 0 Å². The number of ether oxygens (including phenoxy) is 2. The highest BCUT2D eigenvalue weighted by Gasteiger charge is 2.13. The van der Waals surface area contributed by atoms with Crippen LogP contribution in [0, 0.1) is 0 Å². The summed E-state index contributed by atoms with van der Waals surface area (Å²) in [6, 6.07) is 10.5. The summed E-state index contributed by atoms with van der Waals surface area (Å²) in [6.07, 6.45) is 3.38. The van der Waals surface area contributed by atoms with Crippen molar-refractivity contribution in [2.45, 2.75) is 6.92 Å². The van der Waals surface area contributed by atoms with Crippen LogP contribution in [0.4, 0.5) is 11.5 Å². The van der Waals surface area contributed by atoms with E-state index in [1.165, 1.54) is 5.69 Å². The molecular weight excluding hydrogens is 420 g/mol. The van der Waals surface area contributed by atoms with E-state index in [2.05, 4.69) is 49.4 Å². The van der Waals surface area contributed by atoms with Gasteiger partial charge in [-0.2, -0.15) is 0 Å². The predicted octanol–water partition coefficient (Wildman–Crippen LogP) is 2.44. The second kappa shape index (κ2) is 11.0. The van der Waals surface area contributed by atoms with E-state index in [-0.39, 0.29) is 5.91 Å². The Morgan fingerprint density at radius 2 is 1.58 bits per heavy atom. The third kappa shape index (κ3) is 5.74. The number of pyridine rings is 1. The number of benzene rings is 1. The molecule has 4 heterocycles. The molecule has 0 radical (unpaired) electrons. The molecule has 5 rings (SSSR count). The molecule has 0 unspecified atom stereocenters. The number of nitrogens with zero attached hydrogens (tertiary/aromatic N) is 5. The van der Waals surface area contributed by atoms with Gasteiger partial charge in [0.2, 0.25) is 5.91 Å². The molecule has 1 amide bonds. The van der Waals surface area contributed by atoms with Crippen molar-refractivity contribution in [2.24, 2.45) is 0 Å². The van der Waals surface area contributed by atoms with Crippen LogP contribution in [-0.4, -0.2) is 85.4 Å². The van der Waals surface area contributed by atoms with Gasteiger partial charge >= 0.3 is 0 Å². The van der Waals surface area contributed by atoms with Crippen LogP contribution < -0.4 is 10.2 Å². The molecule has 1 N–H and O–H groups in total. The van der Waals surface area contributed by atoms with E-state index in [0.717, 1.165) is 67.5 Å². The van der Waals surface area contributed by atoms with Crippen molar-refractivity contribution >= 4 is 28.4 Å². The molecule has 0 spiro atoms. The van der Waals surface area contributed by atoms with Crippen molar-refractivity contribution in [2.75, 3.05) is 69.9 Å². The summed E-state index contributed by atoms with van der Waals surface area (Å²) in [6.45, 7) is 7.95. The number of rotatable bonds is 3. The van der Waals surface area contributed by atoms with E-state index in [1.54, 1.807) is 24.2 Å². The predicted molar refractivity (Wildman–Crippen MR) is 128 cm³/mol. The number of hydrogen-bond acceptors (Lipinski definition) is 8. The van der Waals surface area contributed by atoms with E-state index in [1.807, 2.05) is 13.1 Å². The van der Waals surface area contributed by atoms with E-state index in [0.29, 0.717) is 13.2 Å². The zero-order valence-electron chi connectivity index (χ0n) is 19.2. The minimum Gasteiger partial charge on any atom is -0.378 e. The molecule has 0 atom stereocenters. The van der Waals surface area contributed by atoms with Crippen molar-refractivity contribution in [3.63, 3.8) is 0 Å². The molecule has 0 aliphatic carbocycles. The smallest absolute Gasteiger partial charge is 0.219 e. The molecule has 2 aromatic heterocycles. The highest BCUT2D eigenvalue weighted by molar-refractivity contribution is 5.88. The number of nitrogens with one attached hydrogen (secondary N) is 1. The maximum absolute atomic E-state index is 10.7. The Labute approximate surface area is 193 Å². The van der Waals surface area contributed by atoms with Crippen LogP contribution in [0.25, 0.3) is 22.3 Å². The fraction of sp³-hybridized carbons (Fsp3) is 0.417. The molecule has 9 heteroatoms. The maximum atomic E-state index is 10.7. The Balaban J connectivity index is 0.000000243. The second-order valence-corrected chi connectivity index (χ2v) is 7.79. The van der Waals surface area contributed by atoms with Gasteiger partial charge in [-0.3, -0.25) is 9.78 Å². The average molecular weight is 451 g/mol. The van der Waals surface area contributed by atoms with Gasteiger partial charge in [-0.1, -0.05) is 12.1 Å². The average Bonchev–Trinajstić information content (AvgIpc) is 2.89. The first-order chi connectivity index (χ1) is 16.2. The fourth-order valence-corrected chi connectivity index (χ4v) is 3.84. The van der Waals surface area contributed by atoms with Gasteiger partial charge in [0.1, 0.15) is 5.52 Å². The van der Waals surface area contributed by atoms with E-state index < -0.39 is 0 Å². The quantitative estimate of drug-likeness (QED) is 0.651. The summed E-state index contributed by atoms with van der Waals surface area (Å²) < 4.78 is 10.5. The largest absolute Gasteiger partial charge is 0.378 e. The van der Waals surface area contributed by atoms with Crippen LogP contribution in [0.1, 0.15) is 6.92 Å². The minimum absolute atomic E-state index is 0.151. The lowest BCUT2D eigenvalue weighted by Crippen LogP contribution is -2.39. The van der Waals surface area contributed by atoms with Gasteiger partial charge < -0.3 is 24.6 Å². The number of carbonyl (C=O) groups is 1. The van der Waals surface area contributed by atoms with Gasteiger partial charge in [-0.25, -0.2) is 9.97 Å². The summed E-state index contributed by atoms with van der Waals surface area (Å²) in [5, 5.41) is 3.11. The van der Waals surface area contributed by atoms with E-state index >= 15 is 0 Å². The number of morpholine rings is 2. The lowest BCUT2D eigenvalue weighted by atomic mass is 10.1. The maximum Gasteiger partial charge on any atom is 0.219 e. The summed E-state index contributed by atoms with van der Waals surface area (Å²) in [4.78, 5) is 28.2. The zero-order chi connectivity index (χ0) is 23.0. The Morgan fingerprint density at radius 3 is 2.18 bits per heavy atom. The van der Waals surface area contributed by atoms with Crippen molar-refractivity contribution in [3.8, 4) is 11.3 Å². The molecule has 33 heavy (non-hydrogen) atoms. The molecule has 0 bridgehead atoms. The van der Waals surface area contributed by atoms with Crippen molar-refractivity contribution in [3.05, 3.63) is 42.7 Å².